The van der Waals surface area contributed by atoms with Crippen LogP contribution in [-0.4, -0.2) is 18.8 Å². The second-order valence-corrected chi connectivity index (χ2v) is 7.24. The van der Waals surface area contributed by atoms with Crippen LogP contribution in [-0.2, 0) is 0 Å². The normalized spacial score (nSPS) is 10.1. The molecule has 0 aliphatic heterocycles. The highest BCUT2D eigenvalue weighted by Crippen LogP contribution is 2.22. The lowest BCUT2D eigenvalue weighted by Gasteiger charge is -2.09. The number of halogens is 1. The van der Waals surface area contributed by atoms with Gasteiger partial charge in [0, 0.05) is 11.4 Å². The van der Waals surface area contributed by atoms with Crippen molar-refractivity contribution >= 4 is 29.7 Å². The van der Waals surface area contributed by atoms with Gasteiger partial charge in [-0.3, -0.25) is 0 Å². The molecule has 3 heteroatoms. The van der Waals surface area contributed by atoms with Crippen molar-refractivity contribution in [2.24, 2.45) is 0 Å². The Kier molecular flexibility index (Phi) is 9.78. The Morgan fingerprint density at radius 2 is 1.26 bits per heavy atom. The fourth-order valence-corrected chi connectivity index (χ4v) is 3.69. The second-order valence-electron chi connectivity index (χ2n) is 6.07. The minimum atomic E-state index is 0. The van der Waals surface area contributed by atoms with Crippen LogP contribution < -0.4 is 5.32 Å². The van der Waals surface area contributed by atoms with E-state index in [0.29, 0.717) is 0 Å². The summed E-state index contributed by atoms with van der Waals surface area (Å²) >= 11 is 1.92. The molecular formula is C24H26ClNS. The Bertz CT molecular complexity index is 747. The van der Waals surface area contributed by atoms with Crippen molar-refractivity contribution in [2.75, 3.05) is 18.8 Å². The Morgan fingerprint density at radius 1 is 0.741 bits per heavy atom. The molecule has 0 saturated carbocycles. The number of thioether (sulfide) groups is 1. The molecule has 0 heterocycles. The molecule has 3 rings (SSSR count). The van der Waals surface area contributed by atoms with E-state index in [1.165, 1.54) is 28.0 Å². The lowest BCUT2D eigenvalue weighted by atomic mass is 9.98. The fourth-order valence-electron chi connectivity index (χ4n) is 2.82. The van der Waals surface area contributed by atoms with Gasteiger partial charge in [0.2, 0.25) is 0 Å². The molecule has 0 atom stereocenters. The smallest absolute Gasteiger partial charge is 0.0144 e. The zero-order valence-electron chi connectivity index (χ0n) is 15.4. The quantitative estimate of drug-likeness (QED) is 0.336. The first kappa shape index (κ1) is 21.3. The van der Waals surface area contributed by atoms with Gasteiger partial charge >= 0.3 is 0 Å². The van der Waals surface area contributed by atoms with Crippen LogP contribution in [0.3, 0.4) is 0 Å². The molecule has 0 spiro atoms. The molecule has 0 aromatic heterocycles. The molecule has 0 radical (unpaired) electrons. The summed E-state index contributed by atoms with van der Waals surface area (Å²) in [5.41, 5.74) is 3.82. The molecule has 0 amide bonds. The van der Waals surface area contributed by atoms with Crippen LogP contribution in [0.25, 0.3) is 5.57 Å². The first-order valence-corrected chi connectivity index (χ1v) is 10.1. The number of hydrogen-bond acceptors (Lipinski definition) is 2. The van der Waals surface area contributed by atoms with E-state index >= 15 is 0 Å². The molecule has 0 fully saturated rings. The van der Waals surface area contributed by atoms with Crippen LogP contribution in [0.15, 0.2) is 102 Å². The maximum absolute atomic E-state index is 3.55. The van der Waals surface area contributed by atoms with Gasteiger partial charge in [0.15, 0.2) is 0 Å². The lowest BCUT2D eigenvalue weighted by Crippen LogP contribution is -2.16. The predicted molar refractivity (Wildman–Crippen MR) is 122 cm³/mol. The van der Waals surface area contributed by atoms with Crippen LogP contribution in [0.1, 0.15) is 17.5 Å². The first-order chi connectivity index (χ1) is 12.9. The number of nitrogens with one attached hydrogen (secondary N) is 1. The van der Waals surface area contributed by atoms with Crippen LogP contribution in [0.4, 0.5) is 0 Å². The highest BCUT2D eigenvalue weighted by molar-refractivity contribution is 7.99. The molecule has 1 nitrogen and oxygen atoms in total. The molecule has 0 saturated heterocycles. The Labute approximate surface area is 173 Å². The summed E-state index contributed by atoms with van der Waals surface area (Å²) in [4.78, 5) is 1.35. The Morgan fingerprint density at radius 3 is 1.81 bits per heavy atom. The number of rotatable bonds is 9. The zero-order valence-corrected chi connectivity index (χ0v) is 17.0. The van der Waals surface area contributed by atoms with Gasteiger partial charge in [0.25, 0.3) is 0 Å². The second kappa shape index (κ2) is 12.4. The number of benzene rings is 3. The van der Waals surface area contributed by atoms with Crippen molar-refractivity contribution in [3.63, 3.8) is 0 Å². The summed E-state index contributed by atoms with van der Waals surface area (Å²) in [7, 11) is 0. The van der Waals surface area contributed by atoms with E-state index in [0.717, 1.165) is 18.8 Å². The molecule has 0 bridgehead atoms. The summed E-state index contributed by atoms with van der Waals surface area (Å²) in [6, 6.07) is 31.8. The summed E-state index contributed by atoms with van der Waals surface area (Å²) < 4.78 is 0. The summed E-state index contributed by atoms with van der Waals surface area (Å²) in [5, 5.41) is 3.55. The third kappa shape index (κ3) is 7.26. The van der Waals surface area contributed by atoms with E-state index < -0.39 is 0 Å². The van der Waals surface area contributed by atoms with E-state index in [9.17, 15) is 0 Å². The molecule has 140 valence electrons. The monoisotopic (exact) mass is 395 g/mol. The number of hydrogen-bond donors (Lipinski definition) is 1. The first-order valence-electron chi connectivity index (χ1n) is 9.13. The van der Waals surface area contributed by atoms with E-state index in [2.05, 4.69) is 102 Å². The molecule has 0 unspecified atom stereocenters. The van der Waals surface area contributed by atoms with Crippen molar-refractivity contribution in [3.05, 3.63) is 108 Å². The summed E-state index contributed by atoms with van der Waals surface area (Å²) in [6.45, 7) is 1.92. The summed E-state index contributed by atoms with van der Waals surface area (Å²) in [5.74, 6) is 1.14. The van der Waals surface area contributed by atoms with Crippen molar-refractivity contribution in [3.8, 4) is 0 Å². The standard InChI is InChI=1S/C24H25NS.ClH/c1-4-11-21(12-5-1)24(22-13-6-2-7-14-22)17-19-25-18-10-20-26-23-15-8-3-9-16-23;/h1-9,11-17,25H,10,18-20H2;1H. The van der Waals surface area contributed by atoms with Gasteiger partial charge in [0.05, 0.1) is 0 Å². The predicted octanol–water partition coefficient (Wildman–Crippen LogP) is 6.31. The molecular weight excluding hydrogens is 370 g/mol. The van der Waals surface area contributed by atoms with Crippen molar-refractivity contribution in [1.82, 2.24) is 5.32 Å². The highest BCUT2D eigenvalue weighted by atomic mass is 35.5. The van der Waals surface area contributed by atoms with E-state index in [-0.39, 0.29) is 12.4 Å². The van der Waals surface area contributed by atoms with Gasteiger partial charge in [-0.05, 0) is 47.6 Å². The minimum Gasteiger partial charge on any atom is -0.313 e. The van der Waals surface area contributed by atoms with Gasteiger partial charge in [-0.2, -0.15) is 0 Å². The van der Waals surface area contributed by atoms with Crippen LogP contribution in [0.2, 0.25) is 0 Å². The average Bonchev–Trinajstić information content (AvgIpc) is 2.72. The maximum atomic E-state index is 3.55. The van der Waals surface area contributed by atoms with E-state index in [1.807, 2.05) is 11.8 Å². The largest absolute Gasteiger partial charge is 0.313 e. The van der Waals surface area contributed by atoms with Gasteiger partial charge in [-0.1, -0.05) is 84.9 Å². The van der Waals surface area contributed by atoms with E-state index in [1.54, 1.807) is 0 Å². The third-order valence-corrected chi connectivity index (χ3v) is 5.23. The molecule has 0 aliphatic rings. The maximum Gasteiger partial charge on any atom is 0.0144 e. The van der Waals surface area contributed by atoms with Crippen molar-refractivity contribution in [1.29, 1.82) is 0 Å². The Hall–Kier alpha value is -2.00. The minimum absolute atomic E-state index is 0. The molecule has 1 N–H and O–H groups in total. The molecule has 27 heavy (non-hydrogen) atoms. The zero-order chi connectivity index (χ0) is 17.9. The topological polar surface area (TPSA) is 12.0 Å². The van der Waals surface area contributed by atoms with E-state index in [4.69, 9.17) is 0 Å². The highest BCUT2D eigenvalue weighted by Gasteiger charge is 2.03. The molecule has 3 aromatic carbocycles. The van der Waals surface area contributed by atoms with Crippen LogP contribution in [0.5, 0.6) is 0 Å². The van der Waals surface area contributed by atoms with Crippen LogP contribution >= 0.6 is 24.2 Å². The fraction of sp³-hybridized carbons (Fsp3) is 0.167. The SMILES string of the molecule is C(CNCCCSc1ccccc1)=C(c1ccccc1)c1ccccc1.Cl. The van der Waals surface area contributed by atoms with Gasteiger partial charge in [-0.15, -0.1) is 24.2 Å². The van der Waals surface area contributed by atoms with Crippen molar-refractivity contribution < 1.29 is 0 Å². The Balaban J connectivity index is 0.00000261. The molecule has 3 aromatic rings. The lowest BCUT2D eigenvalue weighted by molar-refractivity contribution is 0.734. The average molecular weight is 396 g/mol. The van der Waals surface area contributed by atoms with Gasteiger partial charge in [0.1, 0.15) is 0 Å². The van der Waals surface area contributed by atoms with Gasteiger partial charge < -0.3 is 5.32 Å². The van der Waals surface area contributed by atoms with Crippen LogP contribution in [0, 0.1) is 0 Å². The third-order valence-electron chi connectivity index (χ3n) is 4.13. The molecule has 0 aliphatic carbocycles. The summed E-state index contributed by atoms with van der Waals surface area (Å²) in [6.07, 6.45) is 3.47. The van der Waals surface area contributed by atoms with Gasteiger partial charge in [-0.25, -0.2) is 0 Å². The van der Waals surface area contributed by atoms with Crippen molar-refractivity contribution in [2.45, 2.75) is 11.3 Å².